The van der Waals surface area contributed by atoms with Crippen molar-refractivity contribution in [1.82, 2.24) is 15.5 Å². The average molecular weight is 247 g/mol. The van der Waals surface area contributed by atoms with E-state index in [4.69, 9.17) is 0 Å². The number of benzene rings is 1. The van der Waals surface area contributed by atoms with Gasteiger partial charge in [0.15, 0.2) is 0 Å². The monoisotopic (exact) mass is 247 g/mol. The molecule has 0 saturated carbocycles. The average Bonchev–Trinajstić information content (AvgIpc) is 2.85. The van der Waals surface area contributed by atoms with Crippen LogP contribution in [0, 0.1) is 0 Å². The van der Waals surface area contributed by atoms with Gasteiger partial charge in [0.05, 0.1) is 17.8 Å². The standard InChI is InChI=1S/C13H17N3O2/c1-2-11(17)5-6-14-13(18)9-3-4-12-10(7-9)8-15-16-12/h3-4,7-8,11,17H,2,5-6H2,1H3,(H,14,18)(H,15,16). The normalized spacial score (nSPS) is 12.6. The van der Waals surface area contributed by atoms with Gasteiger partial charge in [-0.15, -0.1) is 0 Å². The number of carbonyl (C=O) groups excluding carboxylic acids is 1. The van der Waals surface area contributed by atoms with Crippen LogP contribution in [-0.2, 0) is 0 Å². The minimum Gasteiger partial charge on any atom is -0.393 e. The third kappa shape index (κ3) is 2.87. The highest BCUT2D eigenvalue weighted by Gasteiger charge is 2.07. The van der Waals surface area contributed by atoms with Crippen LogP contribution in [-0.4, -0.2) is 33.9 Å². The van der Waals surface area contributed by atoms with Gasteiger partial charge in [-0.25, -0.2) is 0 Å². The van der Waals surface area contributed by atoms with Crippen LogP contribution < -0.4 is 5.32 Å². The molecule has 1 aromatic carbocycles. The number of rotatable bonds is 5. The number of aliphatic hydroxyl groups excluding tert-OH is 1. The minimum absolute atomic E-state index is 0.124. The Bertz CT molecular complexity index is 536. The fourth-order valence-electron chi connectivity index (χ4n) is 1.74. The van der Waals surface area contributed by atoms with Gasteiger partial charge in [0.1, 0.15) is 0 Å². The van der Waals surface area contributed by atoms with E-state index in [-0.39, 0.29) is 12.0 Å². The van der Waals surface area contributed by atoms with E-state index in [0.717, 1.165) is 10.9 Å². The number of nitrogens with zero attached hydrogens (tertiary/aromatic N) is 1. The van der Waals surface area contributed by atoms with E-state index in [1.165, 1.54) is 0 Å². The van der Waals surface area contributed by atoms with Crippen molar-refractivity contribution < 1.29 is 9.90 Å². The molecule has 1 aromatic heterocycles. The topological polar surface area (TPSA) is 78.0 Å². The Morgan fingerprint density at radius 3 is 3.17 bits per heavy atom. The van der Waals surface area contributed by atoms with Gasteiger partial charge in [0.2, 0.25) is 0 Å². The first kappa shape index (κ1) is 12.6. The SMILES string of the molecule is CCC(O)CCNC(=O)c1ccc2[nH]ncc2c1. The highest BCUT2D eigenvalue weighted by Crippen LogP contribution is 2.12. The highest BCUT2D eigenvalue weighted by molar-refractivity contribution is 5.97. The lowest BCUT2D eigenvalue weighted by atomic mass is 10.1. The highest BCUT2D eigenvalue weighted by atomic mass is 16.3. The Hall–Kier alpha value is -1.88. The zero-order valence-electron chi connectivity index (χ0n) is 10.3. The predicted octanol–water partition coefficient (Wildman–Crippen LogP) is 1.45. The second-order valence-electron chi connectivity index (χ2n) is 4.28. The van der Waals surface area contributed by atoms with E-state index in [1.54, 1.807) is 18.3 Å². The first-order valence-electron chi connectivity index (χ1n) is 6.10. The van der Waals surface area contributed by atoms with Crippen LogP contribution in [0.25, 0.3) is 10.9 Å². The van der Waals surface area contributed by atoms with E-state index >= 15 is 0 Å². The summed E-state index contributed by atoms with van der Waals surface area (Å²) in [5.74, 6) is -0.124. The number of hydrogen-bond donors (Lipinski definition) is 3. The van der Waals surface area contributed by atoms with Gasteiger partial charge in [-0.2, -0.15) is 5.10 Å². The zero-order chi connectivity index (χ0) is 13.0. The molecule has 0 aliphatic heterocycles. The fraction of sp³-hybridized carbons (Fsp3) is 0.385. The maximum atomic E-state index is 11.9. The number of aromatic amines is 1. The maximum Gasteiger partial charge on any atom is 0.251 e. The summed E-state index contributed by atoms with van der Waals surface area (Å²) in [6.45, 7) is 2.40. The molecule has 0 aliphatic rings. The molecule has 0 bridgehead atoms. The van der Waals surface area contributed by atoms with Crippen LogP contribution in [0.2, 0.25) is 0 Å². The molecule has 1 heterocycles. The number of hydrogen-bond acceptors (Lipinski definition) is 3. The number of nitrogens with one attached hydrogen (secondary N) is 2. The minimum atomic E-state index is -0.346. The fourth-order valence-corrected chi connectivity index (χ4v) is 1.74. The van der Waals surface area contributed by atoms with Crippen LogP contribution in [0.1, 0.15) is 30.1 Å². The number of H-pyrrole nitrogens is 1. The maximum absolute atomic E-state index is 11.9. The number of fused-ring (bicyclic) bond motifs is 1. The summed E-state index contributed by atoms with van der Waals surface area (Å²) in [6, 6.07) is 5.38. The first-order chi connectivity index (χ1) is 8.70. The molecule has 96 valence electrons. The van der Waals surface area contributed by atoms with Gasteiger partial charge in [-0.05, 0) is 31.0 Å². The van der Waals surface area contributed by atoms with Crippen molar-refractivity contribution in [2.45, 2.75) is 25.9 Å². The molecule has 5 heteroatoms. The van der Waals surface area contributed by atoms with E-state index in [0.29, 0.717) is 24.9 Å². The summed E-state index contributed by atoms with van der Waals surface area (Å²) in [4.78, 5) is 11.9. The smallest absolute Gasteiger partial charge is 0.251 e. The van der Waals surface area contributed by atoms with Gasteiger partial charge < -0.3 is 10.4 Å². The largest absolute Gasteiger partial charge is 0.393 e. The molecular formula is C13H17N3O2. The molecule has 0 spiro atoms. The van der Waals surface area contributed by atoms with Crippen molar-refractivity contribution in [1.29, 1.82) is 0 Å². The molecule has 0 fully saturated rings. The summed E-state index contributed by atoms with van der Waals surface area (Å²) < 4.78 is 0. The number of amides is 1. The van der Waals surface area contributed by atoms with Crippen LogP contribution in [0.15, 0.2) is 24.4 Å². The Morgan fingerprint density at radius 2 is 2.39 bits per heavy atom. The van der Waals surface area contributed by atoms with Crippen LogP contribution >= 0.6 is 0 Å². The van der Waals surface area contributed by atoms with Crippen LogP contribution in [0.3, 0.4) is 0 Å². The quantitative estimate of drug-likeness (QED) is 0.748. The third-order valence-corrected chi connectivity index (χ3v) is 2.94. The van der Waals surface area contributed by atoms with E-state index in [9.17, 15) is 9.90 Å². The molecule has 0 radical (unpaired) electrons. The Kier molecular flexibility index (Phi) is 3.94. The molecule has 2 rings (SSSR count). The molecule has 5 nitrogen and oxygen atoms in total. The predicted molar refractivity (Wildman–Crippen MR) is 69.3 cm³/mol. The molecule has 0 saturated heterocycles. The number of aromatic nitrogens is 2. The van der Waals surface area contributed by atoms with Crippen molar-refractivity contribution in [2.24, 2.45) is 0 Å². The van der Waals surface area contributed by atoms with Crippen LogP contribution in [0.5, 0.6) is 0 Å². The molecule has 1 atom stereocenters. The van der Waals surface area contributed by atoms with Gasteiger partial charge in [0, 0.05) is 17.5 Å². The van der Waals surface area contributed by atoms with Crippen LogP contribution in [0.4, 0.5) is 0 Å². The summed E-state index contributed by atoms with van der Waals surface area (Å²) in [5.41, 5.74) is 1.52. The van der Waals surface area contributed by atoms with Crippen molar-refractivity contribution in [3.63, 3.8) is 0 Å². The molecular weight excluding hydrogens is 230 g/mol. The zero-order valence-corrected chi connectivity index (χ0v) is 10.3. The third-order valence-electron chi connectivity index (χ3n) is 2.94. The van der Waals surface area contributed by atoms with Gasteiger partial charge >= 0.3 is 0 Å². The summed E-state index contributed by atoms with van der Waals surface area (Å²) >= 11 is 0. The molecule has 2 aromatic rings. The molecule has 1 amide bonds. The van der Waals surface area contributed by atoms with Crippen molar-refractivity contribution in [2.75, 3.05) is 6.54 Å². The number of aliphatic hydroxyl groups is 1. The Balaban J connectivity index is 1.95. The molecule has 18 heavy (non-hydrogen) atoms. The van der Waals surface area contributed by atoms with E-state index in [1.807, 2.05) is 13.0 Å². The van der Waals surface area contributed by atoms with Gasteiger partial charge in [-0.3, -0.25) is 9.89 Å². The summed E-state index contributed by atoms with van der Waals surface area (Å²) in [6.07, 6.45) is 2.63. The van der Waals surface area contributed by atoms with Crippen molar-refractivity contribution in [3.05, 3.63) is 30.0 Å². The first-order valence-corrected chi connectivity index (χ1v) is 6.10. The second-order valence-corrected chi connectivity index (χ2v) is 4.28. The van der Waals surface area contributed by atoms with Crippen molar-refractivity contribution in [3.8, 4) is 0 Å². The molecule has 0 aliphatic carbocycles. The second kappa shape index (κ2) is 5.64. The lowest BCUT2D eigenvalue weighted by molar-refractivity contribution is 0.0942. The van der Waals surface area contributed by atoms with Gasteiger partial charge in [0.25, 0.3) is 5.91 Å². The Morgan fingerprint density at radius 1 is 1.56 bits per heavy atom. The van der Waals surface area contributed by atoms with Gasteiger partial charge in [-0.1, -0.05) is 6.92 Å². The Labute approximate surface area is 105 Å². The molecule has 1 unspecified atom stereocenters. The lowest BCUT2D eigenvalue weighted by Crippen LogP contribution is -2.26. The molecule has 3 N–H and O–H groups in total. The van der Waals surface area contributed by atoms with E-state index < -0.39 is 0 Å². The summed E-state index contributed by atoms with van der Waals surface area (Å²) in [7, 11) is 0. The van der Waals surface area contributed by atoms with E-state index in [2.05, 4.69) is 15.5 Å². The lowest BCUT2D eigenvalue weighted by Gasteiger charge is -2.08. The summed E-state index contributed by atoms with van der Waals surface area (Å²) in [5, 5.41) is 19.8. The number of carbonyl (C=O) groups is 1. The van der Waals surface area contributed by atoms with Crippen molar-refractivity contribution >= 4 is 16.8 Å².